The summed E-state index contributed by atoms with van der Waals surface area (Å²) in [5, 5.41) is 3.50. The molecule has 100 valence electrons. The summed E-state index contributed by atoms with van der Waals surface area (Å²) in [4.78, 5) is 4.45. The minimum Gasteiger partial charge on any atom is -0.331 e. The Morgan fingerprint density at radius 2 is 2.22 bits per heavy atom. The summed E-state index contributed by atoms with van der Waals surface area (Å²) in [5.74, 6) is 1.62. The maximum absolute atomic E-state index is 4.45. The molecule has 4 unspecified atom stereocenters. The largest absolute Gasteiger partial charge is 0.331 e. The van der Waals surface area contributed by atoms with Gasteiger partial charge in [-0.2, -0.15) is 0 Å². The normalized spacial score (nSPS) is 40.5. The van der Waals surface area contributed by atoms with E-state index in [1.54, 1.807) is 0 Å². The molecular weight excluding hydrogens is 222 g/mol. The lowest BCUT2D eigenvalue weighted by molar-refractivity contribution is 0.330. The number of rotatable bonds is 2. The number of imidazole rings is 1. The van der Waals surface area contributed by atoms with Gasteiger partial charge in [0.05, 0.1) is 6.33 Å². The average molecular weight is 247 g/mol. The van der Waals surface area contributed by atoms with Crippen molar-refractivity contribution in [1.82, 2.24) is 14.9 Å². The van der Waals surface area contributed by atoms with E-state index in [9.17, 15) is 0 Å². The molecule has 4 atom stereocenters. The zero-order valence-electron chi connectivity index (χ0n) is 11.8. The Morgan fingerprint density at radius 1 is 1.39 bits per heavy atom. The van der Waals surface area contributed by atoms with Crippen LogP contribution in [0.5, 0.6) is 0 Å². The van der Waals surface area contributed by atoms with Gasteiger partial charge in [-0.3, -0.25) is 0 Å². The van der Waals surface area contributed by atoms with Crippen molar-refractivity contribution in [1.29, 1.82) is 0 Å². The molecule has 2 fully saturated rings. The fourth-order valence-electron chi connectivity index (χ4n) is 3.80. The maximum atomic E-state index is 4.45. The Hall–Kier alpha value is -0.830. The fourth-order valence-corrected chi connectivity index (χ4v) is 3.80. The molecule has 0 amide bonds. The Kier molecular flexibility index (Phi) is 2.97. The van der Waals surface area contributed by atoms with Gasteiger partial charge in [-0.05, 0) is 37.6 Å². The van der Waals surface area contributed by atoms with Crippen molar-refractivity contribution in [2.45, 2.75) is 51.5 Å². The summed E-state index contributed by atoms with van der Waals surface area (Å²) in [6, 6.07) is 0.662. The lowest BCUT2D eigenvalue weighted by Gasteiger charge is -2.29. The standard InChI is InChI=1S/C15H25N3/c1-11-4-5-13(12(11)2)18-10-17-8-14(18)15(3)6-7-16-9-15/h8,10-13,16H,4-7,9H2,1-3H3. The molecule has 1 saturated heterocycles. The predicted octanol–water partition coefficient (Wildman–Crippen LogP) is 2.74. The van der Waals surface area contributed by atoms with Crippen molar-refractivity contribution in [2.75, 3.05) is 13.1 Å². The summed E-state index contributed by atoms with van der Waals surface area (Å²) < 4.78 is 2.49. The number of aromatic nitrogens is 2. The second kappa shape index (κ2) is 4.37. The van der Waals surface area contributed by atoms with E-state index >= 15 is 0 Å². The summed E-state index contributed by atoms with van der Waals surface area (Å²) >= 11 is 0. The van der Waals surface area contributed by atoms with Crippen molar-refractivity contribution in [2.24, 2.45) is 11.8 Å². The van der Waals surface area contributed by atoms with Crippen LogP contribution in [0, 0.1) is 11.8 Å². The van der Waals surface area contributed by atoms with E-state index in [4.69, 9.17) is 0 Å². The van der Waals surface area contributed by atoms with E-state index in [2.05, 4.69) is 48.2 Å². The third-order valence-corrected chi connectivity index (χ3v) is 5.43. The van der Waals surface area contributed by atoms with Crippen molar-refractivity contribution in [3.63, 3.8) is 0 Å². The molecule has 18 heavy (non-hydrogen) atoms. The second-order valence-corrected chi connectivity index (χ2v) is 6.65. The van der Waals surface area contributed by atoms with E-state index in [-0.39, 0.29) is 5.41 Å². The third kappa shape index (κ3) is 1.80. The smallest absolute Gasteiger partial charge is 0.0951 e. The van der Waals surface area contributed by atoms with Crippen molar-refractivity contribution >= 4 is 0 Å². The summed E-state index contributed by atoms with van der Waals surface area (Å²) in [5.41, 5.74) is 1.72. The van der Waals surface area contributed by atoms with E-state index in [0.717, 1.165) is 24.9 Å². The lowest BCUT2D eigenvalue weighted by Crippen LogP contribution is -2.30. The molecule has 3 nitrogen and oxygen atoms in total. The summed E-state index contributed by atoms with van der Waals surface area (Å²) in [6.07, 6.45) is 8.07. The molecule has 1 aliphatic heterocycles. The average Bonchev–Trinajstić information content (AvgIpc) is 3.03. The zero-order valence-corrected chi connectivity index (χ0v) is 11.8. The molecule has 2 heterocycles. The van der Waals surface area contributed by atoms with Gasteiger partial charge in [0.1, 0.15) is 0 Å². The monoisotopic (exact) mass is 247 g/mol. The van der Waals surface area contributed by atoms with Crippen LogP contribution in [0.3, 0.4) is 0 Å². The van der Waals surface area contributed by atoms with Crippen LogP contribution in [0.15, 0.2) is 12.5 Å². The molecular formula is C15H25N3. The minimum atomic E-state index is 0.280. The highest BCUT2D eigenvalue weighted by Gasteiger charge is 2.38. The van der Waals surface area contributed by atoms with Gasteiger partial charge >= 0.3 is 0 Å². The van der Waals surface area contributed by atoms with Crippen LogP contribution >= 0.6 is 0 Å². The molecule has 0 radical (unpaired) electrons. The number of hydrogen-bond acceptors (Lipinski definition) is 2. The first kappa shape index (κ1) is 12.2. The molecule has 1 N–H and O–H groups in total. The molecule has 1 aliphatic carbocycles. The number of nitrogens with zero attached hydrogens (tertiary/aromatic N) is 2. The van der Waals surface area contributed by atoms with Crippen LogP contribution in [0.25, 0.3) is 0 Å². The minimum absolute atomic E-state index is 0.280. The van der Waals surface area contributed by atoms with E-state index in [0.29, 0.717) is 6.04 Å². The van der Waals surface area contributed by atoms with Gasteiger partial charge in [0.25, 0.3) is 0 Å². The molecule has 0 spiro atoms. The maximum Gasteiger partial charge on any atom is 0.0951 e. The molecule has 0 aromatic carbocycles. The first-order valence-electron chi connectivity index (χ1n) is 7.35. The molecule has 1 aromatic heterocycles. The molecule has 1 saturated carbocycles. The fraction of sp³-hybridized carbons (Fsp3) is 0.800. The summed E-state index contributed by atoms with van der Waals surface area (Å²) in [7, 11) is 0. The highest BCUT2D eigenvalue weighted by molar-refractivity contribution is 5.18. The topological polar surface area (TPSA) is 29.9 Å². The molecule has 0 bridgehead atoms. The van der Waals surface area contributed by atoms with E-state index in [1.165, 1.54) is 25.0 Å². The molecule has 3 rings (SSSR count). The van der Waals surface area contributed by atoms with Gasteiger partial charge in [0.2, 0.25) is 0 Å². The van der Waals surface area contributed by atoms with Crippen LogP contribution in [0.4, 0.5) is 0 Å². The SMILES string of the molecule is CC1CCC(n2cncc2C2(C)CCNC2)C1C. The summed E-state index contributed by atoms with van der Waals surface area (Å²) in [6.45, 7) is 9.40. The Bertz CT molecular complexity index is 417. The Balaban J connectivity index is 1.92. The highest BCUT2D eigenvalue weighted by atomic mass is 15.1. The van der Waals surface area contributed by atoms with Crippen LogP contribution in [0.2, 0.25) is 0 Å². The molecule has 3 heteroatoms. The van der Waals surface area contributed by atoms with E-state index in [1.807, 2.05) is 0 Å². The van der Waals surface area contributed by atoms with E-state index < -0.39 is 0 Å². The number of nitrogens with one attached hydrogen (secondary N) is 1. The van der Waals surface area contributed by atoms with Gasteiger partial charge in [0.15, 0.2) is 0 Å². The van der Waals surface area contributed by atoms with Crippen LogP contribution in [0.1, 0.15) is 51.8 Å². The van der Waals surface area contributed by atoms with Crippen molar-refractivity contribution in [3.8, 4) is 0 Å². The van der Waals surface area contributed by atoms with Crippen molar-refractivity contribution < 1.29 is 0 Å². The van der Waals surface area contributed by atoms with Crippen LogP contribution in [-0.4, -0.2) is 22.6 Å². The lowest BCUT2D eigenvalue weighted by atomic mass is 9.85. The van der Waals surface area contributed by atoms with Crippen molar-refractivity contribution in [3.05, 3.63) is 18.2 Å². The van der Waals surface area contributed by atoms with Gasteiger partial charge in [0, 0.05) is 29.9 Å². The van der Waals surface area contributed by atoms with Crippen LogP contribution < -0.4 is 5.32 Å². The zero-order chi connectivity index (χ0) is 12.8. The Morgan fingerprint density at radius 3 is 2.83 bits per heavy atom. The molecule has 2 aliphatic rings. The first-order valence-corrected chi connectivity index (χ1v) is 7.35. The predicted molar refractivity (Wildman–Crippen MR) is 73.7 cm³/mol. The van der Waals surface area contributed by atoms with Gasteiger partial charge < -0.3 is 9.88 Å². The van der Waals surface area contributed by atoms with Gasteiger partial charge in [-0.25, -0.2) is 4.98 Å². The quantitative estimate of drug-likeness (QED) is 0.871. The molecule has 1 aromatic rings. The second-order valence-electron chi connectivity index (χ2n) is 6.65. The first-order chi connectivity index (χ1) is 8.62. The van der Waals surface area contributed by atoms with Gasteiger partial charge in [-0.1, -0.05) is 20.8 Å². The third-order valence-electron chi connectivity index (χ3n) is 5.43. The highest BCUT2D eigenvalue weighted by Crippen LogP contribution is 2.42. The Labute approximate surface area is 110 Å². The van der Waals surface area contributed by atoms with Gasteiger partial charge in [-0.15, -0.1) is 0 Å². The van der Waals surface area contributed by atoms with Crippen LogP contribution in [-0.2, 0) is 5.41 Å². The number of hydrogen-bond donors (Lipinski definition) is 1.